The second-order valence-corrected chi connectivity index (χ2v) is 7.66. The maximum Gasteiger partial charge on any atom is 0.326 e. The van der Waals surface area contributed by atoms with E-state index in [2.05, 4.69) is 5.32 Å². The number of carbonyl (C=O) groups excluding carboxylic acids is 2. The number of aromatic hydroxyl groups is 1. The number of aliphatic carboxylic acids is 1. The Balaban J connectivity index is 2.09. The van der Waals surface area contributed by atoms with Crippen molar-refractivity contribution in [1.29, 1.82) is 0 Å². The standard InChI is InChI=1S/C21H23NO5S/c1-14(23)28-13-17(11-15-5-3-2-4-6-15)20(25)22-19(21(26)27)12-16-7-9-18(24)10-8-16/h2-10,17,19,24H,11-13H2,1H3,(H,22,25)(H,26,27)/t17?,19-/m0/s1. The third-order valence-electron chi connectivity index (χ3n) is 4.17. The molecule has 7 heteroatoms. The van der Waals surface area contributed by atoms with E-state index in [1.54, 1.807) is 12.1 Å². The van der Waals surface area contributed by atoms with E-state index in [4.69, 9.17) is 0 Å². The lowest BCUT2D eigenvalue weighted by molar-refractivity contribution is -0.142. The molecule has 0 spiro atoms. The van der Waals surface area contributed by atoms with Crippen LogP contribution in [0.4, 0.5) is 0 Å². The second kappa shape index (κ2) is 10.5. The van der Waals surface area contributed by atoms with E-state index < -0.39 is 23.8 Å². The summed E-state index contributed by atoms with van der Waals surface area (Å²) in [5, 5.41) is 21.4. The largest absolute Gasteiger partial charge is 0.508 e. The van der Waals surface area contributed by atoms with Gasteiger partial charge in [0.05, 0.1) is 5.92 Å². The van der Waals surface area contributed by atoms with E-state index in [1.165, 1.54) is 19.1 Å². The van der Waals surface area contributed by atoms with Gasteiger partial charge >= 0.3 is 5.97 Å². The average molecular weight is 401 g/mol. The van der Waals surface area contributed by atoms with Crippen molar-refractivity contribution in [2.75, 3.05) is 5.75 Å². The minimum Gasteiger partial charge on any atom is -0.508 e. The van der Waals surface area contributed by atoms with Gasteiger partial charge in [0.1, 0.15) is 11.8 Å². The third kappa shape index (κ3) is 7.08. The smallest absolute Gasteiger partial charge is 0.326 e. The van der Waals surface area contributed by atoms with Crippen LogP contribution in [0.15, 0.2) is 54.6 Å². The lowest BCUT2D eigenvalue weighted by Gasteiger charge is -2.20. The lowest BCUT2D eigenvalue weighted by atomic mass is 9.99. The van der Waals surface area contributed by atoms with E-state index >= 15 is 0 Å². The van der Waals surface area contributed by atoms with Crippen molar-refractivity contribution >= 4 is 28.8 Å². The molecule has 3 N–H and O–H groups in total. The highest BCUT2D eigenvalue weighted by molar-refractivity contribution is 8.13. The van der Waals surface area contributed by atoms with Crippen LogP contribution in [0.5, 0.6) is 5.75 Å². The van der Waals surface area contributed by atoms with Crippen LogP contribution in [0, 0.1) is 5.92 Å². The molecule has 0 saturated heterocycles. The Morgan fingerprint density at radius 3 is 2.14 bits per heavy atom. The zero-order valence-electron chi connectivity index (χ0n) is 15.5. The number of amides is 1. The third-order valence-corrected chi connectivity index (χ3v) is 5.15. The molecule has 2 aromatic rings. The monoisotopic (exact) mass is 401 g/mol. The quantitative estimate of drug-likeness (QED) is 0.597. The van der Waals surface area contributed by atoms with Gasteiger partial charge in [-0.2, -0.15) is 0 Å². The summed E-state index contributed by atoms with van der Waals surface area (Å²) in [6.07, 6.45) is 0.512. The summed E-state index contributed by atoms with van der Waals surface area (Å²) >= 11 is 1.05. The first-order valence-corrected chi connectivity index (χ1v) is 9.82. The highest BCUT2D eigenvalue weighted by atomic mass is 32.2. The average Bonchev–Trinajstić information content (AvgIpc) is 2.66. The van der Waals surface area contributed by atoms with Gasteiger partial charge in [-0.3, -0.25) is 9.59 Å². The molecule has 148 valence electrons. The number of thioether (sulfide) groups is 1. The summed E-state index contributed by atoms with van der Waals surface area (Å²) in [6, 6.07) is 14.5. The van der Waals surface area contributed by atoms with Gasteiger partial charge in [0.25, 0.3) is 0 Å². The van der Waals surface area contributed by atoms with Gasteiger partial charge in [-0.1, -0.05) is 54.2 Å². The van der Waals surface area contributed by atoms with Gasteiger partial charge < -0.3 is 15.5 Å². The van der Waals surface area contributed by atoms with Crippen molar-refractivity contribution in [3.05, 3.63) is 65.7 Å². The molecule has 1 unspecified atom stereocenters. The van der Waals surface area contributed by atoms with Crippen LogP contribution in [0.1, 0.15) is 18.1 Å². The van der Waals surface area contributed by atoms with Gasteiger partial charge in [-0.05, 0) is 29.7 Å². The molecular formula is C21H23NO5S. The lowest BCUT2D eigenvalue weighted by Crippen LogP contribution is -2.46. The molecule has 6 nitrogen and oxygen atoms in total. The van der Waals surface area contributed by atoms with Crippen LogP contribution < -0.4 is 5.32 Å². The minimum absolute atomic E-state index is 0.0869. The molecule has 1 amide bonds. The SMILES string of the molecule is CC(=O)SCC(Cc1ccccc1)C(=O)N[C@@H](Cc1ccc(O)cc1)C(=O)O. The van der Waals surface area contributed by atoms with E-state index in [-0.39, 0.29) is 23.0 Å². The zero-order valence-corrected chi connectivity index (χ0v) is 16.3. The number of hydrogen-bond donors (Lipinski definition) is 3. The van der Waals surface area contributed by atoms with Crippen LogP contribution in [0.25, 0.3) is 0 Å². The topological polar surface area (TPSA) is 104 Å². The van der Waals surface area contributed by atoms with Crippen LogP contribution >= 0.6 is 11.8 Å². The Labute approximate surface area is 168 Å². The van der Waals surface area contributed by atoms with Gasteiger partial charge in [0.15, 0.2) is 5.12 Å². The number of carboxylic acid groups (broad SMARTS) is 1. The van der Waals surface area contributed by atoms with Crippen LogP contribution in [-0.4, -0.2) is 39.0 Å². The minimum atomic E-state index is -1.14. The Morgan fingerprint density at radius 2 is 1.57 bits per heavy atom. The van der Waals surface area contributed by atoms with Gasteiger partial charge in [0.2, 0.25) is 5.91 Å². The second-order valence-electron chi connectivity index (χ2n) is 6.46. The molecule has 0 aromatic heterocycles. The molecule has 0 aliphatic carbocycles. The first-order valence-electron chi connectivity index (χ1n) is 8.83. The maximum atomic E-state index is 12.8. The Morgan fingerprint density at radius 1 is 0.964 bits per heavy atom. The summed E-state index contributed by atoms with van der Waals surface area (Å²) in [7, 11) is 0. The molecule has 0 aliphatic rings. The number of phenols is 1. The fourth-order valence-electron chi connectivity index (χ4n) is 2.70. The number of phenolic OH excluding ortho intramolecular Hbond substituents is 1. The number of hydrogen-bond acceptors (Lipinski definition) is 5. The zero-order chi connectivity index (χ0) is 20.5. The van der Waals surface area contributed by atoms with Crippen LogP contribution in [0.2, 0.25) is 0 Å². The number of carbonyl (C=O) groups is 3. The molecule has 0 radical (unpaired) electrons. The molecule has 2 atom stereocenters. The van der Waals surface area contributed by atoms with Gasteiger partial charge in [-0.25, -0.2) is 4.79 Å². The summed E-state index contributed by atoms with van der Waals surface area (Å²) in [5.41, 5.74) is 1.63. The normalized spacial score (nSPS) is 12.8. The van der Waals surface area contributed by atoms with E-state index in [0.717, 1.165) is 17.3 Å². The Hall–Kier alpha value is -2.80. The summed E-state index contributed by atoms with van der Waals surface area (Å²) in [6.45, 7) is 1.44. The van der Waals surface area contributed by atoms with Crippen molar-refractivity contribution in [3.63, 3.8) is 0 Å². The highest BCUT2D eigenvalue weighted by Gasteiger charge is 2.26. The molecule has 0 bridgehead atoms. The molecule has 0 saturated carbocycles. The molecule has 28 heavy (non-hydrogen) atoms. The molecule has 2 rings (SSSR count). The van der Waals surface area contributed by atoms with Crippen molar-refractivity contribution < 1.29 is 24.6 Å². The number of rotatable bonds is 9. The summed E-state index contributed by atoms with van der Waals surface area (Å²) < 4.78 is 0. The fraction of sp³-hybridized carbons (Fsp3) is 0.286. The predicted molar refractivity (Wildman–Crippen MR) is 108 cm³/mol. The fourth-order valence-corrected chi connectivity index (χ4v) is 3.41. The summed E-state index contributed by atoms with van der Waals surface area (Å²) in [5.74, 6) is -1.70. The van der Waals surface area contributed by atoms with Crippen molar-refractivity contribution in [1.82, 2.24) is 5.32 Å². The first kappa shape index (κ1) is 21.5. The summed E-state index contributed by atoms with van der Waals surface area (Å²) in [4.78, 5) is 35.7. The Bertz CT molecular complexity index is 807. The number of carboxylic acids is 1. The van der Waals surface area contributed by atoms with E-state index in [0.29, 0.717) is 12.0 Å². The molecular weight excluding hydrogens is 378 g/mol. The van der Waals surface area contributed by atoms with Crippen molar-refractivity contribution in [2.45, 2.75) is 25.8 Å². The molecule has 0 aliphatic heterocycles. The van der Waals surface area contributed by atoms with Gasteiger partial charge in [0, 0.05) is 19.1 Å². The number of nitrogens with one attached hydrogen (secondary N) is 1. The predicted octanol–water partition coefficient (Wildman–Crippen LogP) is 2.64. The molecule has 2 aromatic carbocycles. The number of benzene rings is 2. The molecule has 0 heterocycles. The van der Waals surface area contributed by atoms with Crippen molar-refractivity contribution in [3.8, 4) is 5.75 Å². The maximum absolute atomic E-state index is 12.8. The molecule has 0 fully saturated rings. The van der Waals surface area contributed by atoms with Crippen LogP contribution in [-0.2, 0) is 27.2 Å². The highest BCUT2D eigenvalue weighted by Crippen LogP contribution is 2.17. The first-order chi connectivity index (χ1) is 13.3. The van der Waals surface area contributed by atoms with E-state index in [1.807, 2.05) is 30.3 Å². The van der Waals surface area contributed by atoms with Crippen molar-refractivity contribution in [2.24, 2.45) is 5.92 Å². The van der Waals surface area contributed by atoms with Gasteiger partial charge in [-0.15, -0.1) is 0 Å². The Kier molecular flexibility index (Phi) is 8.07. The van der Waals surface area contributed by atoms with E-state index in [9.17, 15) is 24.6 Å². The van der Waals surface area contributed by atoms with Crippen LogP contribution in [0.3, 0.4) is 0 Å².